The number of aliphatic hydroxyl groups is 1. The van der Waals surface area contributed by atoms with E-state index in [0.29, 0.717) is 44.4 Å². The monoisotopic (exact) mass is 454 g/mol. The van der Waals surface area contributed by atoms with Gasteiger partial charge in [-0.1, -0.05) is 19.1 Å². The zero-order valence-electron chi connectivity index (χ0n) is 19.1. The van der Waals surface area contributed by atoms with E-state index in [0.717, 1.165) is 25.1 Å². The molecular formula is C25H30N2O6. The second-order valence-electron chi connectivity index (χ2n) is 8.27. The summed E-state index contributed by atoms with van der Waals surface area (Å²) in [6, 6.07) is 9.86. The molecule has 0 saturated carbocycles. The molecule has 8 nitrogen and oxygen atoms in total. The Labute approximate surface area is 193 Å². The lowest BCUT2D eigenvalue weighted by molar-refractivity contribution is -0.129. The minimum atomic E-state index is -0.711. The van der Waals surface area contributed by atoms with Crippen LogP contribution in [0.25, 0.3) is 0 Å². The van der Waals surface area contributed by atoms with E-state index in [2.05, 4.69) is 4.90 Å². The largest absolute Gasteiger partial charge is 0.503 e. The Balaban J connectivity index is 1.64. The molecule has 4 rings (SSSR count). The highest BCUT2D eigenvalue weighted by Crippen LogP contribution is 2.39. The SMILES string of the molecule is CCCOc1ccc(C2C(C(=O)c3ccc(C)o3)=C(O)C(=O)N2CCN2CCOCC2)cc1. The van der Waals surface area contributed by atoms with Gasteiger partial charge in [-0.3, -0.25) is 14.5 Å². The fourth-order valence-electron chi connectivity index (χ4n) is 4.19. The summed E-state index contributed by atoms with van der Waals surface area (Å²) in [5, 5.41) is 10.8. The standard InChI is InChI=1S/C25H30N2O6/c1-3-14-32-19-7-5-18(6-8-19)22-21(23(28)20-9-4-17(2)33-20)24(29)25(30)27(22)11-10-26-12-15-31-16-13-26/h4-9,22,29H,3,10-16H2,1-2H3. The second-order valence-corrected chi connectivity index (χ2v) is 8.27. The Morgan fingerprint density at radius 3 is 2.48 bits per heavy atom. The highest BCUT2D eigenvalue weighted by molar-refractivity contribution is 6.15. The highest BCUT2D eigenvalue weighted by Gasteiger charge is 2.44. The summed E-state index contributed by atoms with van der Waals surface area (Å²) in [5.74, 6) is -0.157. The van der Waals surface area contributed by atoms with Gasteiger partial charge in [-0.05, 0) is 43.2 Å². The van der Waals surface area contributed by atoms with E-state index in [1.165, 1.54) is 0 Å². The molecule has 0 radical (unpaired) electrons. The van der Waals surface area contributed by atoms with Gasteiger partial charge in [0.1, 0.15) is 11.5 Å². The van der Waals surface area contributed by atoms with Crippen molar-refractivity contribution in [3.8, 4) is 5.75 Å². The predicted molar refractivity (Wildman–Crippen MR) is 121 cm³/mol. The number of ether oxygens (including phenoxy) is 2. The van der Waals surface area contributed by atoms with Crippen LogP contribution in [-0.4, -0.2) is 72.6 Å². The fourth-order valence-corrected chi connectivity index (χ4v) is 4.19. The van der Waals surface area contributed by atoms with E-state index in [-0.39, 0.29) is 11.3 Å². The first kappa shape index (κ1) is 23.1. The number of rotatable bonds is 9. The molecule has 1 amide bonds. The number of ketones is 1. The molecule has 1 saturated heterocycles. The van der Waals surface area contributed by atoms with Gasteiger partial charge in [-0.25, -0.2) is 0 Å². The molecule has 1 fully saturated rings. The number of aryl methyl sites for hydroxylation is 1. The number of nitrogens with zero attached hydrogens (tertiary/aromatic N) is 2. The summed E-state index contributed by atoms with van der Waals surface area (Å²) < 4.78 is 16.6. The van der Waals surface area contributed by atoms with Crippen LogP contribution < -0.4 is 4.74 Å². The zero-order chi connectivity index (χ0) is 23.4. The highest BCUT2D eigenvalue weighted by atomic mass is 16.5. The molecule has 3 heterocycles. The molecule has 8 heteroatoms. The number of amides is 1. The Kier molecular flexibility index (Phi) is 7.15. The number of benzene rings is 1. The lowest BCUT2D eigenvalue weighted by Crippen LogP contribution is -2.43. The van der Waals surface area contributed by atoms with Gasteiger partial charge in [0.05, 0.1) is 31.4 Å². The predicted octanol–water partition coefficient (Wildman–Crippen LogP) is 3.29. The number of Topliss-reactive ketones (excluding diaryl/α,β-unsaturated/α-hetero) is 1. The van der Waals surface area contributed by atoms with E-state index in [1.54, 1.807) is 24.0 Å². The smallest absolute Gasteiger partial charge is 0.290 e. The molecule has 1 N–H and O–H groups in total. The first-order valence-electron chi connectivity index (χ1n) is 11.4. The molecule has 33 heavy (non-hydrogen) atoms. The van der Waals surface area contributed by atoms with Crippen molar-refractivity contribution in [1.82, 2.24) is 9.80 Å². The molecule has 1 aromatic carbocycles. The molecule has 0 spiro atoms. The number of carbonyl (C=O) groups is 2. The van der Waals surface area contributed by atoms with Crippen LogP contribution in [0.5, 0.6) is 5.75 Å². The summed E-state index contributed by atoms with van der Waals surface area (Å²) >= 11 is 0. The third kappa shape index (κ3) is 4.96. The van der Waals surface area contributed by atoms with Crippen LogP contribution >= 0.6 is 0 Å². The summed E-state index contributed by atoms with van der Waals surface area (Å²) in [5.41, 5.74) is 0.767. The van der Waals surface area contributed by atoms with Gasteiger partial charge in [0.25, 0.3) is 5.91 Å². The Bertz CT molecular complexity index is 1020. The first-order valence-corrected chi connectivity index (χ1v) is 11.4. The maximum absolute atomic E-state index is 13.3. The molecular weight excluding hydrogens is 424 g/mol. The van der Waals surface area contributed by atoms with Gasteiger partial charge < -0.3 is 23.9 Å². The molecule has 2 aromatic rings. The van der Waals surface area contributed by atoms with Crippen molar-refractivity contribution < 1.29 is 28.6 Å². The van der Waals surface area contributed by atoms with Crippen LogP contribution in [0, 0.1) is 6.92 Å². The molecule has 0 aliphatic carbocycles. The van der Waals surface area contributed by atoms with Gasteiger partial charge >= 0.3 is 0 Å². The lowest BCUT2D eigenvalue weighted by Gasteiger charge is -2.31. The molecule has 1 unspecified atom stereocenters. The van der Waals surface area contributed by atoms with Crippen molar-refractivity contribution in [3.63, 3.8) is 0 Å². The normalized spacial score (nSPS) is 19.4. The van der Waals surface area contributed by atoms with E-state index >= 15 is 0 Å². The maximum atomic E-state index is 13.3. The average Bonchev–Trinajstić information content (AvgIpc) is 3.38. The molecule has 1 aromatic heterocycles. The zero-order valence-corrected chi connectivity index (χ0v) is 19.1. The Morgan fingerprint density at radius 2 is 1.85 bits per heavy atom. The summed E-state index contributed by atoms with van der Waals surface area (Å²) in [6.07, 6.45) is 0.895. The van der Waals surface area contributed by atoms with Crippen LogP contribution in [0.4, 0.5) is 0 Å². The summed E-state index contributed by atoms with van der Waals surface area (Å²) in [6.45, 7) is 8.25. The quantitative estimate of drug-likeness (QED) is 0.581. The number of morpholine rings is 1. The third-order valence-electron chi connectivity index (χ3n) is 5.94. The minimum Gasteiger partial charge on any atom is -0.503 e. The molecule has 0 bridgehead atoms. The van der Waals surface area contributed by atoms with E-state index in [9.17, 15) is 14.7 Å². The fraction of sp³-hybridized carbons (Fsp3) is 0.440. The van der Waals surface area contributed by atoms with Crippen LogP contribution in [0.3, 0.4) is 0 Å². The second kappa shape index (κ2) is 10.2. The summed E-state index contributed by atoms with van der Waals surface area (Å²) in [4.78, 5) is 30.2. The van der Waals surface area contributed by atoms with Crippen molar-refractivity contribution in [2.75, 3.05) is 46.0 Å². The van der Waals surface area contributed by atoms with Crippen molar-refractivity contribution in [1.29, 1.82) is 0 Å². The van der Waals surface area contributed by atoms with E-state index in [1.807, 2.05) is 31.2 Å². The van der Waals surface area contributed by atoms with Gasteiger partial charge in [-0.2, -0.15) is 0 Å². The lowest BCUT2D eigenvalue weighted by atomic mass is 9.95. The van der Waals surface area contributed by atoms with Gasteiger partial charge in [-0.15, -0.1) is 0 Å². The Hall–Kier alpha value is -3.10. The Morgan fingerprint density at radius 1 is 1.12 bits per heavy atom. The minimum absolute atomic E-state index is 0.0403. The number of hydrogen-bond donors (Lipinski definition) is 1. The molecule has 2 aliphatic heterocycles. The van der Waals surface area contributed by atoms with Gasteiger partial charge in [0, 0.05) is 26.2 Å². The van der Waals surface area contributed by atoms with Crippen molar-refractivity contribution >= 4 is 11.7 Å². The molecule has 176 valence electrons. The van der Waals surface area contributed by atoms with Crippen molar-refractivity contribution in [2.24, 2.45) is 0 Å². The van der Waals surface area contributed by atoms with Crippen molar-refractivity contribution in [2.45, 2.75) is 26.3 Å². The van der Waals surface area contributed by atoms with Crippen LogP contribution in [0.1, 0.15) is 41.3 Å². The van der Waals surface area contributed by atoms with Crippen LogP contribution in [-0.2, 0) is 9.53 Å². The maximum Gasteiger partial charge on any atom is 0.290 e. The topological polar surface area (TPSA) is 92.5 Å². The van der Waals surface area contributed by atoms with Crippen LogP contribution in [0.2, 0.25) is 0 Å². The molecule has 1 atom stereocenters. The van der Waals surface area contributed by atoms with Crippen LogP contribution in [0.15, 0.2) is 52.1 Å². The number of furan rings is 1. The number of hydrogen-bond acceptors (Lipinski definition) is 7. The van der Waals surface area contributed by atoms with E-state index in [4.69, 9.17) is 13.9 Å². The summed E-state index contributed by atoms with van der Waals surface area (Å²) in [7, 11) is 0. The third-order valence-corrected chi connectivity index (χ3v) is 5.94. The van der Waals surface area contributed by atoms with E-state index < -0.39 is 23.5 Å². The average molecular weight is 455 g/mol. The molecule has 2 aliphatic rings. The van der Waals surface area contributed by atoms with Gasteiger partial charge in [0.15, 0.2) is 11.5 Å². The first-order chi connectivity index (χ1) is 16.0. The van der Waals surface area contributed by atoms with Crippen molar-refractivity contribution in [3.05, 3.63) is 64.8 Å². The van der Waals surface area contributed by atoms with Gasteiger partial charge in [0.2, 0.25) is 5.78 Å². The number of aliphatic hydroxyl groups excluding tert-OH is 1. The number of carbonyl (C=O) groups excluding carboxylic acids is 2.